The maximum Gasteiger partial charge on any atom is 0.340 e. The van der Waals surface area contributed by atoms with Crippen molar-refractivity contribution < 1.29 is 13.9 Å². The number of nitrogens with one attached hydrogen (secondary N) is 1. The first-order valence-corrected chi connectivity index (χ1v) is 6.27. The van der Waals surface area contributed by atoms with Crippen LogP contribution in [0.2, 0.25) is 0 Å². The Labute approximate surface area is 117 Å². The summed E-state index contributed by atoms with van der Waals surface area (Å²) in [6.45, 7) is 0.747. The monoisotopic (exact) mass is 273 g/mol. The van der Waals surface area contributed by atoms with Gasteiger partial charge in [-0.1, -0.05) is 24.3 Å². The van der Waals surface area contributed by atoms with Crippen LogP contribution in [0.5, 0.6) is 0 Å². The number of benzene rings is 2. The Morgan fingerprint density at radius 1 is 1.20 bits per heavy atom. The maximum atomic E-state index is 13.9. The average molecular weight is 273 g/mol. The van der Waals surface area contributed by atoms with E-state index in [2.05, 4.69) is 10.1 Å². The molecule has 0 saturated heterocycles. The number of carbonyl (C=O) groups is 1. The summed E-state index contributed by atoms with van der Waals surface area (Å²) in [5.74, 6) is -1.24. The lowest BCUT2D eigenvalue weighted by Gasteiger charge is -2.07. The third-order valence-electron chi connectivity index (χ3n) is 3.02. The summed E-state index contributed by atoms with van der Waals surface area (Å²) in [6, 6.07) is 12.3. The van der Waals surface area contributed by atoms with Crippen LogP contribution in [-0.4, -0.2) is 20.1 Å². The van der Waals surface area contributed by atoms with Crippen molar-refractivity contribution in [2.75, 3.05) is 14.2 Å². The summed E-state index contributed by atoms with van der Waals surface area (Å²) < 4.78 is 18.4. The molecule has 0 fully saturated rings. The van der Waals surface area contributed by atoms with E-state index in [1.165, 1.54) is 19.2 Å². The van der Waals surface area contributed by atoms with Crippen LogP contribution in [-0.2, 0) is 11.3 Å². The molecule has 0 radical (unpaired) electrons. The van der Waals surface area contributed by atoms with Crippen molar-refractivity contribution in [2.24, 2.45) is 0 Å². The van der Waals surface area contributed by atoms with E-state index in [0.717, 1.165) is 23.2 Å². The fraction of sp³-hybridized carbons (Fsp3) is 0.188. The first-order valence-electron chi connectivity index (χ1n) is 6.27. The van der Waals surface area contributed by atoms with Crippen molar-refractivity contribution in [1.29, 1.82) is 0 Å². The minimum atomic E-state index is -0.669. The fourth-order valence-corrected chi connectivity index (χ4v) is 2.04. The number of carbonyl (C=O) groups excluding carboxylic acids is 1. The van der Waals surface area contributed by atoms with E-state index >= 15 is 0 Å². The van der Waals surface area contributed by atoms with Crippen molar-refractivity contribution in [3.63, 3.8) is 0 Å². The second kappa shape index (κ2) is 6.30. The van der Waals surface area contributed by atoms with Crippen LogP contribution in [0, 0.1) is 5.82 Å². The van der Waals surface area contributed by atoms with E-state index in [1.807, 2.05) is 31.3 Å². The normalized spacial score (nSPS) is 10.3. The highest BCUT2D eigenvalue weighted by molar-refractivity contribution is 5.90. The van der Waals surface area contributed by atoms with Crippen LogP contribution in [0.4, 0.5) is 4.39 Å². The van der Waals surface area contributed by atoms with Gasteiger partial charge in [0.25, 0.3) is 0 Å². The SMILES string of the molecule is CNCc1cccc(-c2ccc(C(=O)OC)c(F)c2)c1. The highest BCUT2D eigenvalue weighted by atomic mass is 19.1. The number of halogens is 1. The van der Waals surface area contributed by atoms with Crippen LogP contribution in [0.3, 0.4) is 0 Å². The molecular formula is C16H16FNO2. The van der Waals surface area contributed by atoms with Gasteiger partial charge in [0.05, 0.1) is 12.7 Å². The van der Waals surface area contributed by atoms with E-state index < -0.39 is 11.8 Å². The number of rotatable bonds is 4. The molecule has 0 spiro atoms. The van der Waals surface area contributed by atoms with Gasteiger partial charge in [0.15, 0.2) is 0 Å². The molecule has 3 nitrogen and oxygen atoms in total. The Hall–Kier alpha value is -2.20. The van der Waals surface area contributed by atoms with E-state index in [9.17, 15) is 9.18 Å². The summed E-state index contributed by atoms with van der Waals surface area (Å²) in [4.78, 5) is 11.4. The minimum Gasteiger partial charge on any atom is -0.465 e. The molecule has 104 valence electrons. The van der Waals surface area contributed by atoms with Gasteiger partial charge in [0.2, 0.25) is 0 Å². The molecule has 0 atom stereocenters. The van der Waals surface area contributed by atoms with Crippen LogP contribution in [0.15, 0.2) is 42.5 Å². The highest BCUT2D eigenvalue weighted by Gasteiger charge is 2.12. The molecule has 0 amide bonds. The Bertz CT molecular complexity index is 626. The minimum absolute atomic E-state index is 0.0531. The zero-order valence-electron chi connectivity index (χ0n) is 11.4. The summed E-state index contributed by atoms with van der Waals surface area (Å²) in [5, 5.41) is 3.07. The van der Waals surface area contributed by atoms with E-state index in [4.69, 9.17) is 0 Å². The first-order chi connectivity index (χ1) is 9.65. The topological polar surface area (TPSA) is 38.3 Å². The Balaban J connectivity index is 2.36. The fourth-order valence-electron chi connectivity index (χ4n) is 2.04. The Kier molecular flexibility index (Phi) is 4.48. The zero-order chi connectivity index (χ0) is 14.5. The predicted molar refractivity (Wildman–Crippen MR) is 75.9 cm³/mol. The molecule has 0 unspecified atom stereocenters. The van der Waals surface area contributed by atoms with Crippen LogP contribution >= 0.6 is 0 Å². The van der Waals surface area contributed by atoms with Crippen LogP contribution < -0.4 is 5.32 Å². The van der Waals surface area contributed by atoms with Gasteiger partial charge in [0, 0.05) is 6.54 Å². The largest absolute Gasteiger partial charge is 0.465 e. The van der Waals surface area contributed by atoms with Gasteiger partial charge in [0.1, 0.15) is 5.82 Å². The Morgan fingerprint density at radius 2 is 1.95 bits per heavy atom. The molecule has 0 aliphatic rings. The van der Waals surface area contributed by atoms with E-state index in [0.29, 0.717) is 0 Å². The molecule has 0 bridgehead atoms. The van der Waals surface area contributed by atoms with Gasteiger partial charge >= 0.3 is 5.97 Å². The average Bonchev–Trinajstić information content (AvgIpc) is 2.47. The molecule has 0 aliphatic heterocycles. The molecule has 20 heavy (non-hydrogen) atoms. The molecule has 0 aliphatic carbocycles. The van der Waals surface area contributed by atoms with E-state index in [-0.39, 0.29) is 5.56 Å². The van der Waals surface area contributed by atoms with E-state index in [1.54, 1.807) is 6.07 Å². The highest BCUT2D eigenvalue weighted by Crippen LogP contribution is 2.23. The number of hydrogen-bond donors (Lipinski definition) is 1. The second-order valence-corrected chi connectivity index (χ2v) is 4.42. The van der Waals surface area contributed by atoms with Crippen molar-refractivity contribution in [3.8, 4) is 11.1 Å². The molecule has 2 aromatic carbocycles. The van der Waals surface area contributed by atoms with Gasteiger partial charge in [-0.25, -0.2) is 9.18 Å². The number of ether oxygens (including phenoxy) is 1. The van der Waals surface area contributed by atoms with Gasteiger partial charge < -0.3 is 10.1 Å². The standard InChI is InChI=1S/C16H16FNO2/c1-18-10-11-4-3-5-12(8-11)13-6-7-14(15(17)9-13)16(19)20-2/h3-9,18H,10H2,1-2H3. The molecule has 4 heteroatoms. The first kappa shape index (κ1) is 14.2. The summed E-state index contributed by atoms with van der Waals surface area (Å²) in [7, 11) is 3.11. The molecule has 2 aromatic rings. The number of hydrogen-bond acceptors (Lipinski definition) is 3. The molecular weight excluding hydrogens is 257 g/mol. The smallest absolute Gasteiger partial charge is 0.340 e. The maximum absolute atomic E-state index is 13.9. The van der Waals surface area contributed by atoms with Gasteiger partial charge in [-0.2, -0.15) is 0 Å². The van der Waals surface area contributed by atoms with Crippen molar-refractivity contribution in [2.45, 2.75) is 6.54 Å². The van der Waals surface area contributed by atoms with Gasteiger partial charge in [-0.3, -0.25) is 0 Å². The van der Waals surface area contributed by atoms with Gasteiger partial charge in [-0.05, 0) is 41.9 Å². The molecule has 2 rings (SSSR count). The van der Waals surface area contributed by atoms with Crippen molar-refractivity contribution >= 4 is 5.97 Å². The Morgan fingerprint density at radius 3 is 2.60 bits per heavy atom. The number of esters is 1. The molecule has 1 N–H and O–H groups in total. The molecule has 0 aromatic heterocycles. The quantitative estimate of drug-likeness (QED) is 0.870. The third kappa shape index (κ3) is 3.03. The summed E-state index contributed by atoms with van der Waals surface area (Å²) in [5.41, 5.74) is 2.70. The number of methoxy groups -OCH3 is 1. The third-order valence-corrected chi connectivity index (χ3v) is 3.02. The lowest BCUT2D eigenvalue weighted by atomic mass is 10.0. The lowest BCUT2D eigenvalue weighted by Crippen LogP contribution is -2.05. The zero-order valence-corrected chi connectivity index (χ0v) is 11.4. The van der Waals surface area contributed by atoms with Crippen LogP contribution in [0.25, 0.3) is 11.1 Å². The molecule has 0 heterocycles. The predicted octanol–water partition coefficient (Wildman–Crippen LogP) is 3.00. The summed E-state index contributed by atoms with van der Waals surface area (Å²) >= 11 is 0. The molecule has 0 saturated carbocycles. The van der Waals surface area contributed by atoms with Crippen molar-refractivity contribution in [3.05, 3.63) is 59.4 Å². The lowest BCUT2D eigenvalue weighted by molar-refractivity contribution is 0.0595. The van der Waals surface area contributed by atoms with Crippen LogP contribution in [0.1, 0.15) is 15.9 Å². The summed E-state index contributed by atoms with van der Waals surface area (Å²) in [6.07, 6.45) is 0. The van der Waals surface area contributed by atoms with Gasteiger partial charge in [-0.15, -0.1) is 0 Å². The second-order valence-electron chi connectivity index (χ2n) is 4.42. The van der Waals surface area contributed by atoms with Crippen molar-refractivity contribution in [1.82, 2.24) is 5.32 Å².